The van der Waals surface area contributed by atoms with Crippen molar-refractivity contribution in [3.63, 3.8) is 0 Å². The SMILES string of the molecule is NNC(=O)c1ccc(Cn2cccc2C=O)o1. The lowest BCUT2D eigenvalue weighted by molar-refractivity contribution is 0.0923. The third-order valence-electron chi connectivity index (χ3n) is 2.33. The van der Waals surface area contributed by atoms with Crippen molar-refractivity contribution in [2.24, 2.45) is 5.84 Å². The molecule has 2 rings (SSSR count). The van der Waals surface area contributed by atoms with Crippen molar-refractivity contribution in [3.8, 4) is 0 Å². The number of furan rings is 1. The first-order valence-electron chi connectivity index (χ1n) is 4.94. The zero-order chi connectivity index (χ0) is 12.3. The quantitative estimate of drug-likeness (QED) is 0.349. The minimum absolute atomic E-state index is 0.141. The molecule has 2 aromatic rings. The second kappa shape index (κ2) is 4.67. The fourth-order valence-corrected chi connectivity index (χ4v) is 1.50. The zero-order valence-electron chi connectivity index (χ0n) is 8.92. The summed E-state index contributed by atoms with van der Waals surface area (Å²) in [5, 5.41) is 0. The molecule has 0 spiro atoms. The van der Waals surface area contributed by atoms with Gasteiger partial charge in [-0.05, 0) is 24.3 Å². The number of rotatable bonds is 4. The van der Waals surface area contributed by atoms with Crippen molar-refractivity contribution in [2.75, 3.05) is 0 Å². The summed E-state index contributed by atoms with van der Waals surface area (Å²) >= 11 is 0. The monoisotopic (exact) mass is 233 g/mol. The maximum absolute atomic E-state index is 11.2. The molecule has 6 heteroatoms. The van der Waals surface area contributed by atoms with Crippen LogP contribution in [0.15, 0.2) is 34.9 Å². The number of aldehydes is 1. The number of hydrogen-bond donors (Lipinski definition) is 2. The van der Waals surface area contributed by atoms with Gasteiger partial charge in [0.25, 0.3) is 0 Å². The Hall–Kier alpha value is -2.34. The van der Waals surface area contributed by atoms with Crippen LogP contribution in [0.25, 0.3) is 0 Å². The first kappa shape index (κ1) is 11.2. The third-order valence-corrected chi connectivity index (χ3v) is 2.33. The summed E-state index contributed by atoms with van der Waals surface area (Å²) in [5.74, 6) is 5.21. The van der Waals surface area contributed by atoms with E-state index in [9.17, 15) is 9.59 Å². The molecule has 0 aliphatic heterocycles. The van der Waals surface area contributed by atoms with E-state index in [1.165, 1.54) is 6.07 Å². The molecule has 17 heavy (non-hydrogen) atoms. The number of nitrogens with one attached hydrogen (secondary N) is 1. The molecule has 0 aromatic carbocycles. The standard InChI is InChI=1S/C11H11N3O3/c12-13-11(16)10-4-3-9(17-10)6-14-5-1-2-8(14)7-15/h1-5,7H,6,12H2,(H,13,16). The van der Waals surface area contributed by atoms with Gasteiger partial charge in [-0.25, -0.2) is 5.84 Å². The first-order chi connectivity index (χ1) is 8.24. The highest BCUT2D eigenvalue weighted by Gasteiger charge is 2.10. The number of nitrogens with zero attached hydrogens (tertiary/aromatic N) is 1. The van der Waals surface area contributed by atoms with E-state index in [1.807, 2.05) is 5.43 Å². The molecule has 0 saturated heterocycles. The summed E-state index contributed by atoms with van der Waals surface area (Å²) in [4.78, 5) is 21.9. The molecule has 0 aliphatic rings. The summed E-state index contributed by atoms with van der Waals surface area (Å²) in [6.07, 6.45) is 2.52. The molecule has 0 atom stereocenters. The van der Waals surface area contributed by atoms with Gasteiger partial charge in [0.15, 0.2) is 12.0 Å². The highest BCUT2D eigenvalue weighted by atomic mass is 16.4. The molecule has 0 radical (unpaired) electrons. The Bertz CT molecular complexity index is 542. The van der Waals surface area contributed by atoms with Crippen LogP contribution < -0.4 is 11.3 Å². The highest BCUT2D eigenvalue weighted by molar-refractivity contribution is 5.90. The lowest BCUT2D eigenvalue weighted by atomic mass is 10.4. The number of carbonyl (C=O) groups is 2. The van der Waals surface area contributed by atoms with E-state index in [0.29, 0.717) is 18.0 Å². The number of amides is 1. The number of nitrogen functional groups attached to an aromatic ring is 1. The number of aromatic nitrogens is 1. The third kappa shape index (κ3) is 2.26. The van der Waals surface area contributed by atoms with Gasteiger partial charge in [-0.1, -0.05) is 0 Å². The second-order valence-electron chi connectivity index (χ2n) is 3.42. The molecule has 0 unspecified atom stereocenters. The Kier molecular flexibility index (Phi) is 3.06. The molecule has 2 aromatic heterocycles. The van der Waals surface area contributed by atoms with Crippen LogP contribution in [0.1, 0.15) is 26.8 Å². The molecule has 88 valence electrons. The van der Waals surface area contributed by atoms with Crippen molar-refractivity contribution in [3.05, 3.63) is 47.7 Å². The van der Waals surface area contributed by atoms with Crippen LogP contribution in [0.2, 0.25) is 0 Å². The largest absolute Gasteiger partial charge is 0.454 e. The van der Waals surface area contributed by atoms with Crippen molar-refractivity contribution in [1.82, 2.24) is 9.99 Å². The van der Waals surface area contributed by atoms with Crippen molar-refractivity contribution < 1.29 is 14.0 Å². The number of nitrogens with two attached hydrogens (primary N) is 1. The molecule has 2 heterocycles. The normalized spacial score (nSPS) is 10.2. The fourth-order valence-electron chi connectivity index (χ4n) is 1.50. The summed E-state index contributed by atoms with van der Waals surface area (Å²) in [5.41, 5.74) is 2.53. The fraction of sp³-hybridized carbons (Fsp3) is 0.0909. The van der Waals surface area contributed by atoms with Crippen LogP contribution in [-0.4, -0.2) is 16.8 Å². The van der Waals surface area contributed by atoms with Crippen molar-refractivity contribution in [2.45, 2.75) is 6.54 Å². The molecule has 0 aliphatic carbocycles. The molecule has 6 nitrogen and oxygen atoms in total. The van der Waals surface area contributed by atoms with Gasteiger partial charge < -0.3 is 8.98 Å². The average Bonchev–Trinajstić information content (AvgIpc) is 2.97. The van der Waals surface area contributed by atoms with Crippen LogP contribution in [0.4, 0.5) is 0 Å². The van der Waals surface area contributed by atoms with Crippen molar-refractivity contribution >= 4 is 12.2 Å². The predicted molar refractivity (Wildman–Crippen MR) is 59.3 cm³/mol. The zero-order valence-corrected chi connectivity index (χ0v) is 8.92. The van der Waals surface area contributed by atoms with Crippen molar-refractivity contribution in [1.29, 1.82) is 0 Å². The number of hydrogen-bond acceptors (Lipinski definition) is 4. The Morgan fingerprint density at radius 1 is 1.47 bits per heavy atom. The predicted octanol–water partition coefficient (Wildman–Crippen LogP) is 0.545. The van der Waals surface area contributed by atoms with E-state index in [2.05, 4.69) is 0 Å². The molecular weight excluding hydrogens is 222 g/mol. The molecule has 3 N–H and O–H groups in total. The van der Waals surface area contributed by atoms with Gasteiger partial charge in [0.05, 0.1) is 12.2 Å². The van der Waals surface area contributed by atoms with E-state index in [1.54, 1.807) is 29.0 Å². The smallest absolute Gasteiger partial charge is 0.300 e. The maximum atomic E-state index is 11.2. The molecule has 0 bridgehead atoms. The summed E-state index contributed by atoms with van der Waals surface area (Å²) < 4.78 is 7.00. The van der Waals surface area contributed by atoms with Gasteiger partial charge in [-0.3, -0.25) is 15.0 Å². The lowest BCUT2D eigenvalue weighted by Gasteiger charge is -2.02. The van der Waals surface area contributed by atoms with Gasteiger partial charge in [0.2, 0.25) is 0 Å². The van der Waals surface area contributed by atoms with Gasteiger partial charge in [-0.15, -0.1) is 0 Å². The van der Waals surface area contributed by atoms with Crippen LogP contribution in [0, 0.1) is 0 Å². The summed E-state index contributed by atoms with van der Waals surface area (Å²) in [6, 6.07) is 6.66. The average molecular weight is 233 g/mol. The van der Waals surface area contributed by atoms with E-state index in [0.717, 1.165) is 6.29 Å². The van der Waals surface area contributed by atoms with Gasteiger partial charge in [0, 0.05) is 6.20 Å². The van der Waals surface area contributed by atoms with Crippen LogP contribution >= 0.6 is 0 Å². The Labute approximate surface area is 97.0 Å². The minimum Gasteiger partial charge on any atom is -0.454 e. The Balaban J connectivity index is 2.17. The Morgan fingerprint density at radius 2 is 2.29 bits per heavy atom. The van der Waals surface area contributed by atoms with E-state index in [4.69, 9.17) is 10.3 Å². The number of carbonyl (C=O) groups excluding carboxylic acids is 2. The molecule has 1 amide bonds. The van der Waals surface area contributed by atoms with Crippen LogP contribution in [0.3, 0.4) is 0 Å². The highest BCUT2D eigenvalue weighted by Crippen LogP contribution is 2.11. The van der Waals surface area contributed by atoms with E-state index < -0.39 is 5.91 Å². The second-order valence-corrected chi connectivity index (χ2v) is 3.42. The Morgan fingerprint density at radius 3 is 3.00 bits per heavy atom. The maximum Gasteiger partial charge on any atom is 0.300 e. The van der Waals surface area contributed by atoms with Crippen LogP contribution in [-0.2, 0) is 6.54 Å². The van der Waals surface area contributed by atoms with Gasteiger partial charge in [-0.2, -0.15) is 0 Å². The van der Waals surface area contributed by atoms with Gasteiger partial charge in [0.1, 0.15) is 5.76 Å². The topological polar surface area (TPSA) is 90.3 Å². The molecular formula is C11H11N3O3. The first-order valence-corrected chi connectivity index (χ1v) is 4.94. The number of hydrazine groups is 1. The van der Waals surface area contributed by atoms with Crippen LogP contribution in [0.5, 0.6) is 0 Å². The van der Waals surface area contributed by atoms with Gasteiger partial charge >= 0.3 is 5.91 Å². The minimum atomic E-state index is -0.487. The van der Waals surface area contributed by atoms with E-state index >= 15 is 0 Å². The summed E-state index contributed by atoms with van der Waals surface area (Å²) in [7, 11) is 0. The molecule has 0 saturated carbocycles. The summed E-state index contributed by atoms with van der Waals surface area (Å²) in [6.45, 7) is 0.388. The molecule has 0 fully saturated rings. The van der Waals surface area contributed by atoms with E-state index in [-0.39, 0.29) is 5.76 Å². The lowest BCUT2D eigenvalue weighted by Crippen LogP contribution is -2.29.